The molecule has 2 aromatic rings. The fraction of sp³-hybridized carbons (Fsp3) is 0.476. The van der Waals surface area contributed by atoms with Crippen molar-refractivity contribution in [3.05, 3.63) is 36.0 Å². The lowest BCUT2D eigenvalue weighted by molar-refractivity contribution is -0.122. The lowest BCUT2D eigenvalue weighted by Gasteiger charge is -2.34. The summed E-state index contributed by atoms with van der Waals surface area (Å²) in [4.78, 5) is 20.7. The molecule has 1 amide bonds. The Hall–Kier alpha value is -2.65. The molecular weight excluding hydrogens is 338 g/mol. The second-order valence-electron chi connectivity index (χ2n) is 7.21. The minimum atomic E-state index is 0.103. The third-order valence-corrected chi connectivity index (χ3v) is 5.36. The number of hydrogen-bond acceptors (Lipinski definition) is 5. The normalized spacial score (nSPS) is 15.1. The minimum Gasteiger partial charge on any atom is -0.371 e. The van der Waals surface area contributed by atoms with Crippen molar-refractivity contribution < 1.29 is 4.79 Å². The summed E-state index contributed by atoms with van der Waals surface area (Å²) < 4.78 is 0. The number of carbonyl (C=O) groups is 1. The highest BCUT2D eigenvalue weighted by Gasteiger charge is 2.22. The number of rotatable bonds is 6. The Kier molecular flexibility index (Phi) is 6.25. The monoisotopic (exact) mass is 365 g/mol. The van der Waals surface area contributed by atoms with E-state index in [9.17, 15) is 10.1 Å². The van der Waals surface area contributed by atoms with E-state index in [1.54, 1.807) is 6.20 Å². The predicted molar refractivity (Wildman–Crippen MR) is 108 cm³/mol. The average molecular weight is 365 g/mol. The van der Waals surface area contributed by atoms with E-state index in [4.69, 9.17) is 0 Å². The number of aromatic nitrogens is 1. The fourth-order valence-electron chi connectivity index (χ4n) is 3.57. The fourth-order valence-corrected chi connectivity index (χ4v) is 3.57. The van der Waals surface area contributed by atoms with Gasteiger partial charge in [-0.25, -0.2) is 0 Å². The highest BCUT2D eigenvalue weighted by Crippen LogP contribution is 2.31. The number of nitriles is 1. The third kappa shape index (κ3) is 4.55. The lowest BCUT2D eigenvalue weighted by atomic mass is 9.95. The second kappa shape index (κ2) is 8.83. The zero-order chi connectivity index (χ0) is 19.2. The number of likely N-dealkylation sites (N-methyl/N-ethyl adjacent to an activating group) is 1. The molecule has 27 heavy (non-hydrogen) atoms. The van der Waals surface area contributed by atoms with Gasteiger partial charge in [0.15, 0.2) is 0 Å². The Morgan fingerprint density at radius 2 is 2.15 bits per heavy atom. The van der Waals surface area contributed by atoms with E-state index in [-0.39, 0.29) is 5.91 Å². The van der Waals surface area contributed by atoms with Crippen LogP contribution in [0.5, 0.6) is 0 Å². The van der Waals surface area contributed by atoms with Gasteiger partial charge >= 0.3 is 0 Å². The third-order valence-electron chi connectivity index (χ3n) is 5.36. The van der Waals surface area contributed by atoms with E-state index >= 15 is 0 Å². The number of nitrogens with one attached hydrogen (secondary N) is 1. The molecule has 0 saturated carbocycles. The van der Waals surface area contributed by atoms with Crippen LogP contribution < -0.4 is 10.2 Å². The molecule has 6 nitrogen and oxygen atoms in total. The van der Waals surface area contributed by atoms with Crippen molar-refractivity contribution in [3.8, 4) is 6.07 Å². The van der Waals surface area contributed by atoms with E-state index in [0.29, 0.717) is 18.0 Å². The van der Waals surface area contributed by atoms with Crippen LogP contribution in [0, 0.1) is 17.2 Å². The summed E-state index contributed by atoms with van der Waals surface area (Å²) >= 11 is 0. The Balaban J connectivity index is 1.59. The van der Waals surface area contributed by atoms with E-state index in [1.165, 1.54) is 0 Å². The van der Waals surface area contributed by atoms with Gasteiger partial charge in [-0.2, -0.15) is 5.26 Å². The molecule has 0 unspecified atom stereocenters. The van der Waals surface area contributed by atoms with Gasteiger partial charge in [-0.1, -0.05) is 6.92 Å². The molecule has 1 N–H and O–H groups in total. The van der Waals surface area contributed by atoms with Gasteiger partial charge < -0.3 is 10.2 Å². The second-order valence-corrected chi connectivity index (χ2v) is 7.21. The van der Waals surface area contributed by atoms with E-state index in [0.717, 1.165) is 55.6 Å². The van der Waals surface area contributed by atoms with E-state index in [1.807, 2.05) is 43.1 Å². The average Bonchev–Trinajstić information content (AvgIpc) is 2.71. The van der Waals surface area contributed by atoms with E-state index in [2.05, 4.69) is 21.3 Å². The van der Waals surface area contributed by atoms with Crippen LogP contribution >= 0.6 is 0 Å². The molecule has 0 aliphatic carbocycles. The summed E-state index contributed by atoms with van der Waals surface area (Å²) in [5.74, 6) is 0.617. The molecule has 2 heterocycles. The largest absolute Gasteiger partial charge is 0.371 e. The first kappa shape index (κ1) is 19.1. The van der Waals surface area contributed by atoms with Crippen molar-refractivity contribution in [2.45, 2.75) is 19.8 Å². The van der Waals surface area contributed by atoms with E-state index < -0.39 is 0 Å². The van der Waals surface area contributed by atoms with Crippen molar-refractivity contribution >= 4 is 22.5 Å². The number of anilines is 1. The number of amides is 1. The van der Waals surface area contributed by atoms with Crippen molar-refractivity contribution in [2.24, 2.45) is 5.92 Å². The zero-order valence-corrected chi connectivity index (χ0v) is 16.1. The Bertz CT molecular complexity index is 836. The van der Waals surface area contributed by atoms with Gasteiger partial charge in [0.2, 0.25) is 5.91 Å². The number of carbonyl (C=O) groups excluding carboxylic acids is 1. The summed E-state index contributed by atoms with van der Waals surface area (Å²) in [6.07, 6.45) is 3.83. The SMILES string of the molecule is CCN(C)CC(=O)NCC1CCN(c2ccc(C#N)c3ncccc23)CC1. The van der Waals surface area contributed by atoms with Gasteiger partial charge in [-0.05, 0) is 56.6 Å². The summed E-state index contributed by atoms with van der Waals surface area (Å²) in [6, 6.07) is 10.1. The van der Waals surface area contributed by atoms with Crippen LogP contribution in [0.4, 0.5) is 5.69 Å². The van der Waals surface area contributed by atoms with Crippen LogP contribution in [-0.2, 0) is 4.79 Å². The molecule has 1 aromatic heterocycles. The van der Waals surface area contributed by atoms with Gasteiger partial charge in [-0.3, -0.25) is 14.7 Å². The molecule has 1 fully saturated rings. The summed E-state index contributed by atoms with van der Waals surface area (Å²) in [7, 11) is 1.95. The Labute approximate surface area is 160 Å². The standard InChI is InChI=1S/C21H27N5O/c1-3-25(2)15-20(27)24-14-16-8-11-26(12-9-16)19-7-6-17(13-22)21-18(19)5-4-10-23-21/h4-7,10,16H,3,8-9,11-12,14-15H2,1-2H3,(H,24,27). The molecule has 1 aliphatic heterocycles. The van der Waals surface area contributed by atoms with Crippen LogP contribution in [0.15, 0.2) is 30.5 Å². The molecule has 6 heteroatoms. The van der Waals surface area contributed by atoms with Gasteiger partial charge in [-0.15, -0.1) is 0 Å². The van der Waals surface area contributed by atoms with Gasteiger partial charge in [0.25, 0.3) is 0 Å². The number of nitrogens with zero attached hydrogens (tertiary/aromatic N) is 4. The molecule has 1 aromatic carbocycles. The number of pyridine rings is 1. The summed E-state index contributed by atoms with van der Waals surface area (Å²) in [6.45, 7) is 6.03. The first-order valence-corrected chi connectivity index (χ1v) is 9.60. The van der Waals surface area contributed by atoms with Crippen LogP contribution in [0.2, 0.25) is 0 Å². The molecule has 3 rings (SSSR count). The number of benzene rings is 1. The van der Waals surface area contributed by atoms with Crippen LogP contribution in [0.25, 0.3) is 10.9 Å². The first-order chi connectivity index (χ1) is 13.1. The highest BCUT2D eigenvalue weighted by atomic mass is 16.2. The maximum Gasteiger partial charge on any atom is 0.234 e. The lowest BCUT2D eigenvalue weighted by Crippen LogP contribution is -2.41. The van der Waals surface area contributed by atoms with Gasteiger partial charge in [0.05, 0.1) is 17.6 Å². The smallest absolute Gasteiger partial charge is 0.234 e. The van der Waals surface area contributed by atoms with Crippen molar-refractivity contribution in [1.29, 1.82) is 5.26 Å². The first-order valence-electron chi connectivity index (χ1n) is 9.60. The molecule has 1 aliphatic rings. The predicted octanol–water partition coefficient (Wildman–Crippen LogP) is 2.39. The minimum absolute atomic E-state index is 0.103. The Morgan fingerprint density at radius 1 is 1.37 bits per heavy atom. The van der Waals surface area contributed by atoms with Crippen LogP contribution in [-0.4, -0.2) is 55.6 Å². The molecule has 142 valence electrons. The Morgan fingerprint density at radius 3 is 2.85 bits per heavy atom. The van der Waals surface area contributed by atoms with Crippen LogP contribution in [0.3, 0.4) is 0 Å². The van der Waals surface area contributed by atoms with Gasteiger partial charge in [0, 0.05) is 36.9 Å². The maximum atomic E-state index is 12.0. The van der Waals surface area contributed by atoms with Gasteiger partial charge in [0.1, 0.15) is 6.07 Å². The van der Waals surface area contributed by atoms with Crippen LogP contribution in [0.1, 0.15) is 25.3 Å². The zero-order valence-electron chi connectivity index (χ0n) is 16.1. The summed E-state index contributed by atoms with van der Waals surface area (Å²) in [5.41, 5.74) is 2.53. The molecule has 1 saturated heterocycles. The number of fused-ring (bicyclic) bond motifs is 1. The molecule has 0 atom stereocenters. The molecule has 0 spiro atoms. The number of hydrogen-bond donors (Lipinski definition) is 1. The van der Waals surface area contributed by atoms with Crippen molar-refractivity contribution in [3.63, 3.8) is 0 Å². The topological polar surface area (TPSA) is 72.3 Å². The highest BCUT2D eigenvalue weighted by molar-refractivity contribution is 5.95. The molecular formula is C21H27N5O. The summed E-state index contributed by atoms with van der Waals surface area (Å²) in [5, 5.41) is 13.4. The van der Waals surface area contributed by atoms with Crippen molar-refractivity contribution in [1.82, 2.24) is 15.2 Å². The molecule has 0 radical (unpaired) electrons. The number of piperidine rings is 1. The van der Waals surface area contributed by atoms with Crippen molar-refractivity contribution in [2.75, 3.05) is 44.7 Å². The quantitative estimate of drug-likeness (QED) is 0.851. The maximum absolute atomic E-state index is 12.0. The molecule has 0 bridgehead atoms.